The van der Waals surface area contributed by atoms with Crippen LogP contribution in [0, 0.1) is 5.82 Å². The van der Waals surface area contributed by atoms with Gasteiger partial charge < -0.3 is 14.8 Å². The number of aromatic nitrogens is 2. The normalized spacial score (nSPS) is 11.3. The van der Waals surface area contributed by atoms with Crippen LogP contribution in [0.2, 0.25) is 0 Å². The molecule has 0 atom stereocenters. The zero-order valence-corrected chi connectivity index (χ0v) is 15.8. The summed E-state index contributed by atoms with van der Waals surface area (Å²) in [7, 11) is 0. The number of carbonyl (C=O) groups is 2. The van der Waals surface area contributed by atoms with E-state index in [0.29, 0.717) is 25.8 Å². The molecule has 0 radical (unpaired) electrons. The summed E-state index contributed by atoms with van der Waals surface area (Å²) in [5.74, 6) is -1.27. The number of alkyl carbamates (subject to hydrolysis) is 1. The Hall–Kier alpha value is -2.49. The lowest BCUT2D eigenvalue weighted by Gasteiger charge is -2.19. The van der Waals surface area contributed by atoms with Crippen molar-refractivity contribution in [2.75, 3.05) is 13.2 Å². The highest BCUT2D eigenvalue weighted by molar-refractivity contribution is 5.79. The van der Waals surface area contributed by atoms with Gasteiger partial charge in [-0.25, -0.2) is 9.59 Å². The summed E-state index contributed by atoms with van der Waals surface area (Å²) in [6, 6.07) is 0. The zero-order chi connectivity index (χ0) is 20.4. The van der Waals surface area contributed by atoms with Crippen LogP contribution in [0.25, 0.3) is 0 Å². The van der Waals surface area contributed by atoms with Crippen LogP contribution in [0.1, 0.15) is 46.5 Å². The summed E-state index contributed by atoms with van der Waals surface area (Å²) in [4.78, 5) is 47.2. The Kier molecular flexibility index (Phi) is 8.86. The molecule has 0 saturated carbocycles. The highest BCUT2D eigenvalue weighted by Gasteiger charge is 2.15. The second kappa shape index (κ2) is 10.6. The molecule has 0 fully saturated rings. The molecule has 0 spiro atoms. The van der Waals surface area contributed by atoms with Gasteiger partial charge in [0.1, 0.15) is 18.9 Å². The third-order valence-corrected chi connectivity index (χ3v) is 3.26. The van der Waals surface area contributed by atoms with Gasteiger partial charge in [0.25, 0.3) is 5.56 Å². The minimum absolute atomic E-state index is 0.159. The van der Waals surface area contributed by atoms with Crippen molar-refractivity contribution in [1.82, 2.24) is 14.9 Å². The van der Waals surface area contributed by atoms with E-state index in [2.05, 4.69) is 5.32 Å². The fourth-order valence-corrected chi connectivity index (χ4v) is 2.04. The Balaban J connectivity index is 2.13. The molecule has 2 N–H and O–H groups in total. The maximum atomic E-state index is 13.1. The number of halogens is 1. The van der Waals surface area contributed by atoms with Gasteiger partial charge in [0.15, 0.2) is 5.78 Å². The Bertz CT molecular complexity index is 750. The molecule has 0 aliphatic heterocycles. The molecule has 0 aliphatic rings. The molecule has 1 amide bonds. The van der Waals surface area contributed by atoms with E-state index < -0.39 is 28.8 Å². The minimum Gasteiger partial charge on any atom is -0.444 e. The van der Waals surface area contributed by atoms with E-state index in [0.717, 1.165) is 17.2 Å². The van der Waals surface area contributed by atoms with Gasteiger partial charge in [0.05, 0.1) is 6.20 Å². The number of carbonyl (C=O) groups excluding carboxylic acids is 2. The molecule has 1 heterocycles. The van der Waals surface area contributed by atoms with Crippen molar-refractivity contribution in [3.8, 4) is 0 Å². The molecule has 1 aromatic heterocycles. The smallest absolute Gasteiger partial charge is 0.407 e. The van der Waals surface area contributed by atoms with Gasteiger partial charge >= 0.3 is 11.8 Å². The molecule has 27 heavy (non-hydrogen) atoms. The van der Waals surface area contributed by atoms with Crippen LogP contribution in [0.5, 0.6) is 0 Å². The number of H-pyrrole nitrogens is 1. The second-order valence-corrected chi connectivity index (χ2v) is 6.96. The summed E-state index contributed by atoms with van der Waals surface area (Å²) >= 11 is 0. The summed E-state index contributed by atoms with van der Waals surface area (Å²) in [6.45, 7) is 5.25. The fraction of sp³-hybridized carbons (Fsp3) is 0.647. The highest BCUT2D eigenvalue weighted by atomic mass is 19.1. The average Bonchev–Trinajstić information content (AvgIpc) is 2.53. The first-order valence-corrected chi connectivity index (χ1v) is 8.64. The van der Waals surface area contributed by atoms with Crippen LogP contribution in [-0.4, -0.2) is 40.2 Å². The van der Waals surface area contributed by atoms with Gasteiger partial charge in [0.2, 0.25) is 5.82 Å². The van der Waals surface area contributed by atoms with E-state index in [1.165, 1.54) is 0 Å². The summed E-state index contributed by atoms with van der Waals surface area (Å²) < 4.78 is 24.1. The summed E-state index contributed by atoms with van der Waals surface area (Å²) in [5.41, 5.74) is -2.46. The number of ketones is 1. The fourth-order valence-electron chi connectivity index (χ4n) is 2.04. The molecule has 0 bridgehead atoms. The van der Waals surface area contributed by atoms with Gasteiger partial charge in [-0.2, -0.15) is 4.39 Å². The van der Waals surface area contributed by atoms with Crippen LogP contribution in [0.15, 0.2) is 15.8 Å². The predicted octanol–water partition coefficient (Wildman–Crippen LogP) is 1.30. The van der Waals surface area contributed by atoms with Crippen LogP contribution in [0.4, 0.5) is 9.18 Å². The SMILES string of the molecule is CC(C)(C)OC(=O)NCCCCCC(=O)COCn1cc(F)c(=O)[nH]c1=O. The minimum atomic E-state index is -1.11. The monoisotopic (exact) mass is 387 g/mol. The maximum Gasteiger partial charge on any atom is 0.407 e. The van der Waals surface area contributed by atoms with Crippen molar-refractivity contribution in [3.05, 3.63) is 32.9 Å². The number of amides is 1. The quantitative estimate of drug-likeness (QED) is 0.584. The van der Waals surface area contributed by atoms with E-state index in [1.807, 2.05) is 0 Å². The number of nitrogens with zero attached hydrogens (tertiary/aromatic N) is 1. The topological polar surface area (TPSA) is 119 Å². The van der Waals surface area contributed by atoms with Gasteiger partial charge in [-0.05, 0) is 33.6 Å². The number of Topliss-reactive ketones (excluding diaryl/α,β-unsaturated/α-hetero) is 1. The second-order valence-electron chi connectivity index (χ2n) is 6.96. The highest BCUT2D eigenvalue weighted by Crippen LogP contribution is 2.06. The van der Waals surface area contributed by atoms with Crippen molar-refractivity contribution in [1.29, 1.82) is 0 Å². The van der Waals surface area contributed by atoms with E-state index in [-0.39, 0.29) is 19.1 Å². The molecule has 10 heteroatoms. The molecule has 0 saturated heterocycles. The van der Waals surface area contributed by atoms with E-state index in [9.17, 15) is 23.6 Å². The predicted molar refractivity (Wildman–Crippen MR) is 94.9 cm³/mol. The van der Waals surface area contributed by atoms with Crippen LogP contribution in [-0.2, 0) is 21.0 Å². The third-order valence-electron chi connectivity index (χ3n) is 3.26. The lowest BCUT2D eigenvalue weighted by atomic mass is 10.1. The number of aromatic amines is 1. The molecular weight excluding hydrogens is 361 g/mol. The van der Waals surface area contributed by atoms with Crippen molar-refractivity contribution >= 4 is 11.9 Å². The molecule has 0 aliphatic carbocycles. The number of ether oxygens (including phenoxy) is 2. The first-order chi connectivity index (χ1) is 12.6. The van der Waals surface area contributed by atoms with Crippen molar-refractivity contribution in [2.24, 2.45) is 0 Å². The first kappa shape index (κ1) is 22.6. The van der Waals surface area contributed by atoms with Crippen LogP contribution >= 0.6 is 0 Å². The number of rotatable bonds is 10. The van der Waals surface area contributed by atoms with Gasteiger partial charge in [0, 0.05) is 13.0 Å². The standard InChI is InChI=1S/C17H26FN3O6/c1-17(2,3)27-16(25)19-8-6-4-5-7-12(22)10-26-11-21-9-13(18)14(23)20-15(21)24/h9H,4-8,10-11H2,1-3H3,(H,19,25)(H,20,23,24). The van der Waals surface area contributed by atoms with Crippen molar-refractivity contribution in [3.63, 3.8) is 0 Å². The Morgan fingerprint density at radius 1 is 1.22 bits per heavy atom. The Morgan fingerprint density at radius 3 is 2.59 bits per heavy atom. The van der Waals surface area contributed by atoms with Crippen molar-refractivity contribution in [2.45, 2.75) is 58.8 Å². The van der Waals surface area contributed by atoms with Gasteiger partial charge in [-0.3, -0.25) is 19.1 Å². The summed E-state index contributed by atoms with van der Waals surface area (Å²) in [5, 5.41) is 2.63. The largest absolute Gasteiger partial charge is 0.444 e. The zero-order valence-electron chi connectivity index (χ0n) is 15.8. The molecule has 1 aromatic rings. The molecule has 9 nitrogen and oxygen atoms in total. The molecular formula is C17H26FN3O6. The Labute approximate surface area is 155 Å². The number of nitrogens with one attached hydrogen (secondary N) is 2. The van der Waals surface area contributed by atoms with Gasteiger partial charge in [-0.1, -0.05) is 6.42 Å². The number of hydrogen-bond donors (Lipinski definition) is 2. The van der Waals surface area contributed by atoms with E-state index in [1.54, 1.807) is 25.8 Å². The van der Waals surface area contributed by atoms with Crippen LogP contribution in [0.3, 0.4) is 0 Å². The lowest BCUT2D eigenvalue weighted by Crippen LogP contribution is -2.33. The molecule has 0 unspecified atom stereocenters. The molecule has 152 valence electrons. The lowest BCUT2D eigenvalue weighted by molar-refractivity contribution is -0.125. The Morgan fingerprint density at radius 2 is 1.93 bits per heavy atom. The average molecular weight is 387 g/mol. The van der Waals surface area contributed by atoms with Gasteiger partial charge in [-0.15, -0.1) is 0 Å². The third kappa shape index (κ3) is 9.69. The number of hydrogen-bond acceptors (Lipinski definition) is 6. The number of unbranched alkanes of at least 4 members (excludes halogenated alkanes) is 2. The molecule has 1 rings (SSSR count). The first-order valence-electron chi connectivity index (χ1n) is 8.64. The van der Waals surface area contributed by atoms with E-state index >= 15 is 0 Å². The van der Waals surface area contributed by atoms with Crippen LogP contribution < -0.4 is 16.6 Å². The van der Waals surface area contributed by atoms with Crippen molar-refractivity contribution < 1.29 is 23.5 Å². The van der Waals surface area contributed by atoms with E-state index in [4.69, 9.17) is 9.47 Å². The maximum absolute atomic E-state index is 13.1. The summed E-state index contributed by atoms with van der Waals surface area (Å²) in [6.07, 6.45) is 2.63. The molecule has 0 aromatic carbocycles.